The molecule has 0 spiro atoms. The molecule has 30 heavy (non-hydrogen) atoms. The average molecular weight is 415 g/mol. The van der Waals surface area contributed by atoms with Crippen LogP contribution in [-0.4, -0.2) is 23.0 Å². The maximum atomic E-state index is 12.5. The Morgan fingerprint density at radius 1 is 1.17 bits per heavy atom. The fraction of sp³-hybridized carbons (Fsp3) is 0.0870. The largest absolute Gasteiger partial charge is 0.497 e. The molecule has 5 aromatic rings. The van der Waals surface area contributed by atoms with Gasteiger partial charge >= 0.3 is 0 Å². The fourth-order valence-electron chi connectivity index (χ4n) is 3.28. The molecular weight excluding hydrogens is 398 g/mol. The molecular formula is C23H17N3O3S. The number of amides is 1. The Bertz CT molecular complexity index is 1320. The number of pyridine rings is 1. The normalized spacial score (nSPS) is 11.1. The fourth-order valence-corrected chi connectivity index (χ4v) is 4.23. The number of nitrogens with one attached hydrogen (secondary N) is 1. The lowest BCUT2D eigenvalue weighted by Crippen LogP contribution is -2.15. The lowest BCUT2D eigenvalue weighted by molar-refractivity contribution is -0.115. The predicted octanol–water partition coefficient (Wildman–Crippen LogP) is 5.29. The van der Waals surface area contributed by atoms with E-state index in [9.17, 15) is 4.79 Å². The maximum absolute atomic E-state index is 12.5. The summed E-state index contributed by atoms with van der Waals surface area (Å²) in [7, 11) is 1.60. The lowest BCUT2D eigenvalue weighted by Gasteiger charge is -2.04. The summed E-state index contributed by atoms with van der Waals surface area (Å²) in [5.74, 6) is 1.05. The molecule has 5 rings (SSSR count). The monoisotopic (exact) mass is 415 g/mol. The highest BCUT2D eigenvalue weighted by Crippen LogP contribution is 2.30. The molecule has 0 radical (unpaired) electrons. The van der Waals surface area contributed by atoms with Gasteiger partial charge in [0.15, 0.2) is 0 Å². The van der Waals surface area contributed by atoms with E-state index >= 15 is 0 Å². The van der Waals surface area contributed by atoms with E-state index in [1.54, 1.807) is 43.0 Å². The Balaban J connectivity index is 1.29. The van der Waals surface area contributed by atoms with Crippen molar-refractivity contribution in [3.8, 4) is 16.3 Å². The summed E-state index contributed by atoms with van der Waals surface area (Å²) in [5.41, 5.74) is 3.40. The summed E-state index contributed by atoms with van der Waals surface area (Å²) in [6.45, 7) is 0. The lowest BCUT2D eigenvalue weighted by atomic mass is 10.1. The molecule has 148 valence electrons. The third kappa shape index (κ3) is 3.51. The first-order chi connectivity index (χ1) is 14.7. The van der Waals surface area contributed by atoms with Crippen LogP contribution in [0.25, 0.3) is 31.8 Å². The molecule has 0 aliphatic carbocycles. The Labute approximate surface area is 176 Å². The predicted molar refractivity (Wildman–Crippen MR) is 118 cm³/mol. The second kappa shape index (κ2) is 7.61. The number of carbonyl (C=O) groups is 1. The molecule has 6 nitrogen and oxygen atoms in total. The maximum Gasteiger partial charge on any atom is 0.230 e. The van der Waals surface area contributed by atoms with Gasteiger partial charge in [-0.25, -0.2) is 9.97 Å². The first-order valence-electron chi connectivity index (χ1n) is 9.35. The molecule has 0 unspecified atom stereocenters. The van der Waals surface area contributed by atoms with Crippen LogP contribution in [0.3, 0.4) is 0 Å². The number of hydrogen-bond acceptors (Lipinski definition) is 6. The molecule has 7 heteroatoms. The zero-order valence-corrected chi connectivity index (χ0v) is 16.9. The van der Waals surface area contributed by atoms with E-state index < -0.39 is 0 Å². The summed E-state index contributed by atoms with van der Waals surface area (Å²) in [5, 5.41) is 4.64. The Hall–Kier alpha value is -3.71. The number of thiazole rings is 1. The topological polar surface area (TPSA) is 77.2 Å². The summed E-state index contributed by atoms with van der Waals surface area (Å²) >= 11 is 1.62. The minimum Gasteiger partial charge on any atom is -0.497 e. The van der Waals surface area contributed by atoms with E-state index in [2.05, 4.69) is 15.3 Å². The number of furan rings is 1. The van der Waals surface area contributed by atoms with Crippen molar-refractivity contribution in [3.63, 3.8) is 0 Å². The second-order valence-electron chi connectivity index (χ2n) is 6.77. The van der Waals surface area contributed by atoms with Crippen molar-refractivity contribution >= 4 is 44.2 Å². The SMILES string of the molecule is COc1ccc2c(CC(=O)Nc3ccc(-c4nc5ccccc5s4)cn3)coc2c1. The van der Waals surface area contributed by atoms with E-state index in [4.69, 9.17) is 9.15 Å². The smallest absolute Gasteiger partial charge is 0.230 e. The summed E-state index contributed by atoms with van der Waals surface area (Å²) in [6.07, 6.45) is 3.53. The number of fused-ring (bicyclic) bond motifs is 2. The molecule has 3 heterocycles. The van der Waals surface area contributed by atoms with Crippen LogP contribution in [0.1, 0.15) is 5.56 Å². The second-order valence-corrected chi connectivity index (χ2v) is 7.80. The molecule has 0 saturated heterocycles. The summed E-state index contributed by atoms with van der Waals surface area (Å²) in [6, 6.07) is 17.3. The molecule has 1 N–H and O–H groups in total. The zero-order valence-electron chi connectivity index (χ0n) is 16.1. The number of aromatic nitrogens is 2. The minimum absolute atomic E-state index is 0.159. The third-order valence-corrected chi connectivity index (χ3v) is 5.87. The molecule has 3 aromatic heterocycles. The van der Waals surface area contributed by atoms with E-state index in [0.717, 1.165) is 31.7 Å². The minimum atomic E-state index is -0.159. The van der Waals surface area contributed by atoms with Crippen molar-refractivity contribution in [2.45, 2.75) is 6.42 Å². The van der Waals surface area contributed by atoms with Crippen molar-refractivity contribution in [2.24, 2.45) is 0 Å². The van der Waals surface area contributed by atoms with Crippen molar-refractivity contribution < 1.29 is 13.9 Å². The van der Waals surface area contributed by atoms with Crippen LogP contribution in [-0.2, 0) is 11.2 Å². The van der Waals surface area contributed by atoms with Crippen LogP contribution in [0.2, 0.25) is 0 Å². The van der Waals surface area contributed by atoms with Crippen molar-refractivity contribution in [1.29, 1.82) is 0 Å². The molecule has 0 saturated carbocycles. The number of para-hydroxylation sites is 1. The first kappa shape index (κ1) is 18.3. The van der Waals surface area contributed by atoms with Crippen molar-refractivity contribution in [3.05, 3.63) is 72.6 Å². The zero-order chi connectivity index (χ0) is 20.5. The molecule has 0 atom stereocenters. The van der Waals surface area contributed by atoms with E-state index in [1.165, 1.54) is 0 Å². The number of carbonyl (C=O) groups excluding carboxylic acids is 1. The summed E-state index contributed by atoms with van der Waals surface area (Å²) in [4.78, 5) is 21.5. The number of benzene rings is 2. The number of nitrogens with zero attached hydrogens (tertiary/aromatic N) is 2. The first-order valence-corrected chi connectivity index (χ1v) is 10.2. The number of ether oxygens (including phenoxy) is 1. The van der Waals surface area contributed by atoms with Gasteiger partial charge in [0.2, 0.25) is 5.91 Å². The van der Waals surface area contributed by atoms with Gasteiger partial charge in [0, 0.05) is 28.8 Å². The van der Waals surface area contributed by atoms with Crippen LogP contribution in [0.5, 0.6) is 5.75 Å². The number of anilines is 1. The Kier molecular flexibility index (Phi) is 4.65. The van der Waals surface area contributed by atoms with Gasteiger partial charge in [-0.2, -0.15) is 0 Å². The quantitative estimate of drug-likeness (QED) is 0.422. The molecule has 1 amide bonds. The van der Waals surface area contributed by atoms with Gasteiger partial charge in [0.1, 0.15) is 22.2 Å². The van der Waals surface area contributed by atoms with Gasteiger partial charge in [-0.3, -0.25) is 4.79 Å². The molecule has 0 aliphatic rings. The summed E-state index contributed by atoms with van der Waals surface area (Å²) < 4.78 is 11.9. The van der Waals surface area contributed by atoms with Crippen LogP contribution in [0.15, 0.2) is 71.5 Å². The van der Waals surface area contributed by atoms with Gasteiger partial charge in [0.25, 0.3) is 0 Å². The van der Waals surface area contributed by atoms with Crippen LogP contribution >= 0.6 is 11.3 Å². The highest BCUT2D eigenvalue weighted by molar-refractivity contribution is 7.21. The van der Waals surface area contributed by atoms with Crippen LogP contribution in [0.4, 0.5) is 5.82 Å². The standard InChI is InChI=1S/C23H17N3O3S/c1-28-16-7-8-17-15(13-29-19(17)11-16)10-22(27)26-21-9-6-14(12-24-21)23-25-18-4-2-3-5-20(18)30-23/h2-9,11-13H,10H2,1H3,(H,24,26,27). The van der Waals surface area contributed by atoms with Gasteiger partial charge < -0.3 is 14.5 Å². The van der Waals surface area contributed by atoms with Crippen LogP contribution < -0.4 is 10.1 Å². The Morgan fingerprint density at radius 2 is 2.07 bits per heavy atom. The number of methoxy groups -OCH3 is 1. The van der Waals surface area contributed by atoms with E-state index in [0.29, 0.717) is 17.2 Å². The van der Waals surface area contributed by atoms with E-state index in [1.807, 2.05) is 42.5 Å². The van der Waals surface area contributed by atoms with Gasteiger partial charge in [-0.15, -0.1) is 11.3 Å². The molecule has 0 fully saturated rings. The number of hydrogen-bond donors (Lipinski definition) is 1. The Morgan fingerprint density at radius 3 is 2.87 bits per heavy atom. The molecule has 0 aliphatic heterocycles. The van der Waals surface area contributed by atoms with E-state index in [-0.39, 0.29) is 12.3 Å². The van der Waals surface area contributed by atoms with Gasteiger partial charge in [0.05, 0.1) is 30.0 Å². The van der Waals surface area contributed by atoms with Gasteiger partial charge in [-0.05, 0) is 36.4 Å². The molecule has 0 bridgehead atoms. The highest BCUT2D eigenvalue weighted by Gasteiger charge is 2.12. The number of rotatable bonds is 5. The van der Waals surface area contributed by atoms with Crippen molar-refractivity contribution in [1.82, 2.24) is 9.97 Å². The molecule has 2 aromatic carbocycles. The average Bonchev–Trinajstić information content (AvgIpc) is 3.38. The van der Waals surface area contributed by atoms with Gasteiger partial charge in [-0.1, -0.05) is 12.1 Å². The third-order valence-electron chi connectivity index (χ3n) is 4.79. The van der Waals surface area contributed by atoms with Crippen LogP contribution in [0, 0.1) is 0 Å². The van der Waals surface area contributed by atoms with Crippen molar-refractivity contribution in [2.75, 3.05) is 12.4 Å². The highest BCUT2D eigenvalue weighted by atomic mass is 32.1.